The number of carbonyl (C=O) groups is 1. The third-order valence-corrected chi connectivity index (χ3v) is 4.82. The second-order valence-corrected chi connectivity index (χ2v) is 5.58. The van der Waals surface area contributed by atoms with E-state index in [9.17, 15) is 4.79 Å². The predicted molar refractivity (Wildman–Crippen MR) is 68.8 cm³/mol. The van der Waals surface area contributed by atoms with Gasteiger partial charge < -0.3 is 9.80 Å². The van der Waals surface area contributed by atoms with Gasteiger partial charge in [-0.15, -0.1) is 0 Å². The molecule has 2 saturated heterocycles. The summed E-state index contributed by atoms with van der Waals surface area (Å²) in [6.07, 6.45) is 3.07. The lowest BCUT2D eigenvalue weighted by molar-refractivity contribution is -0.130. The third kappa shape index (κ3) is 2.59. The summed E-state index contributed by atoms with van der Waals surface area (Å²) in [5.41, 5.74) is 0. The van der Waals surface area contributed by atoms with Gasteiger partial charge in [-0.2, -0.15) is 0 Å². The molecule has 2 aliphatic heterocycles. The molecule has 1 unspecified atom stereocenters. The van der Waals surface area contributed by atoms with E-state index in [0.717, 1.165) is 50.8 Å². The normalized spacial score (nSPS) is 29.0. The van der Waals surface area contributed by atoms with Crippen molar-refractivity contribution in [2.45, 2.75) is 32.2 Å². The highest BCUT2D eigenvalue weighted by Crippen LogP contribution is 2.26. The molecule has 2 fully saturated rings. The minimum atomic E-state index is 0.374. The SMILES string of the molecule is CCN1CCC(N2CC(CBr)CC2=O)CC1. The number of halogens is 1. The van der Waals surface area contributed by atoms with Crippen molar-refractivity contribution in [1.82, 2.24) is 9.80 Å². The van der Waals surface area contributed by atoms with Crippen molar-refractivity contribution in [3.8, 4) is 0 Å². The number of rotatable bonds is 3. The van der Waals surface area contributed by atoms with Crippen LogP contribution in [-0.2, 0) is 4.79 Å². The average Bonchev–Trinajstić information content (AvgIpc) is 2.71. The van der Waals surface area contributed by atoms with E-state index in [4.69, 9.17) is 0 Å². The van der Waals surface area contributed by atoms with Crippen LogP contribution >= 0.6 is 15.9 Å². The fourth-order valence-electron chi connectivity index (χ4n) is 2.81. The highest BCUT2D eigenvalue weighted by molar-refractivity contribution is 9.09. The average molecular weight is 289 g/mol. The van der Waals surface area contributed by atoms with Gasteiger partial charge in [0.1, 0.15) is 0 Å². The number of likely N-dealkylation sites (tertiary alicyclic amines) is 2. The second-order valence-electron chi connectivity index (χ2n) is 4.94. The number of nitrogens with zero attached hydrogens (tertiary/aromatic N) is 2. The maximum atomic E-state index is 11.9. The number of hydrogen-bond acceptors (Lipinski definition) is 2. The molecule has 2 heterocycles. The van der Waals surface area contributed by atoms with Gasteiger partial charge in [0.15, 0.2) is 0 Å². The van der Waals surface area contributed by atoms with Crippen LogP contribution < -0.4 is 0 Å². The summed E-state index contributed by atoms with van der Waals surface area (Å²) in [6, 6.07) is 0.513. The van der Waals surface area contributed by atoms with Crippen LogP contribution in [0.25, 0.3) is 0 Å². The molecule has 0 N–H and O–H groups in total. The quantitative estimate of drug-likeness (QED) is 0.739. The smallest absolute Gasteiger partial charge is 0.223 e. The van der Waals surface area contributed by atoms with Crippen LogP contribution in [0.2, 0.25) is 0 Å². The van der Waals surface area contributed by atoms with Crippen molar-refractivity contribution in [3.63, 3.8) is 0 Å². The lowest BCUT2D eigenvalue weighted by Crippen LogP contribution is -2.45. The number of carbonyl (C=O) groups excluding carboxylic acids is 1. The number of amides is 1. The lowest BCUT2D eigenvalue weighted by atomic mass is 10.0. The highest BCUT2D eigenvalue weighted by atomic mass is 79.9. The molecule has 0 aromatic heterocycles. The first-order valence-corrected chi connectivity index (χ1v) is 7.44. The lowest BCUT2D eigenvalue weighted by Gasteiger charge is -2.36. The molecule has 1 amide bonds. The molecular formula is C12H21BrN2O. The first-order valence-electron chi connectivity index (χ1n) is 6.32. The molecule has 0 saturated carbocycles. The molecule has 2 aliphatic rings. The van der Waals surface area contributed by atoms with Crippen LogP contribution in [0.3, 0.4) is 0 Å². The molecule has 0 bridgehead atoms. The molecule has 1 atom stereocenters. The van der Waals surface area contributed by atoms with Crippen LogP contribution in [0, 0.1) is 5.92 Å². The van der Waals surface area contributed by atoms with E-state index in [0.29, 0.717) is 17.9 Å². The summed E-state index contributed by atoms with van der Waals surface area (Å²) in [4.78, 5) is 16.5. The first-order chi connectivity index (χ1) is 7.74. The summed E-state index contributed by atoms with van der Waals surface area (Å²) < 4.78 is 0. The van der Waals surface area contributed by atoms with E-state index >= 15 is 0 Å². The topological polar surface area (TPSA) is 23.6 Å². The number of hydrogen-bond donors (Lipinski definition) is 0. The molecule has 0 aromatic carbocycles. The van der Waals surface area contributed by atoms with Crippen molar-refractivity contribution in [2.24, 2.45) is 5.92 Å². The Hall–Kier alpha value is -0.0900. The van der Waals surface area contributed by atoms with Crippen molar-refractivity contribution >= 4 is 21.8 Å². The van der Waals surface area contributed by atoms with Gasteiger partial charge in [0.2, 0.25) is 5.91 Å². The summed E-state index contributed by atoms with van der Waals surface area (Å²) in [6.45, 7) is 6.64. The minimum Gasteiger partial charge on any atom is -0.339 e. The Kier molecular flexibility index (Phi) is 4.25. The Morgan fingerprint density at radius 3 is 2.56 bits per heavy atom. The zero-order chi connectivity index (χ0) is 11.5. The Balaban J connectivity index is 1.87. The largest absolute Gasteiger partial charge is 0.339 e. The van der Waals surface area contributed by atoms with E-state index in [1.807, 2.05) is 0 Å². The molecule has 0 aromatic rings. The van der Waals surface area contributed by atoms with Gasteiger partial charge in [0.05, 0.1) is 0 Å². The van der Waals surface area contributed by atoms with Gasteiger partial charge in [0, 0.05) is 37.4 Å². The number of alkyl halides is 1. The fourth-order valence-corrected chi connectivity index (χ4v) is 3.25. The number of piperidine rings is 1. The highest BCUT2D eigenvalue weighted by Gasteiger charge is 2.34. The summed E-state index contributed by atoms with van der Waals surface area (Å²) in [5, 5.41) is 0.961. The molecule has 0 spiro atoms. The zero-order valence-electron chi connectivity index (χ0n) is 9.99. The Labute approximate surface area is 106 Å². The van der Waals surface area contributed by atoms with Crippen molar-refractivity contribution in [2.75, 3.05) is 31.5 Å². The summed E-state index contributed by atoms with van der Waals surface area (Å²) in [7, 11) is 0. The van der Waals surface area contributed by atoms with Gasteiger partial charge in [0.25, 0.3) is 0 Å². The first kappa shape index (κ1) is 12.4. The molecule has 4 heteroatoms. The van der Waals surface area contributed by atoms with Gasteiger partial charge in [-0.1, -0.05) is 22.9 Å². The minimum absolute atomic E-state index is 0.374. The Bertz CT molecular complexity index is 251. The molecule has 0 aliphatic carbocycles. The second kappa shape index (κ2) is 5.50. The summed E-state index contributed by atoms with van der Waals surface area (Å²) >= 11 is 3.49. The van der Waals surface area contributed by atoms with Gasteiger partial charge >= 0.3 is 0 Å². The monoisotopic (exact) mass is 288 g/mol. The predicted octanol–water partition coefficient (Wildman–Crippen LogP) is 1.71. The van der Waals surface area contributed by atoms with E-state index in [-0.39, 0.29) is 0 Å². The standard InChI is InChI=1S/C12H21BrN2O/c1-2-14-5-3-11(4-6-14)15-9-10(8-13)7-12(15)16/h10-11H,2-9H2,1H3. The fraction of sp³-hybridized carbons (Fsp3) is 0.917. The van der Waals surface area contributed by atoms with E-state index < -0.39 is 0 Å². The summed E-state index contributed by atoms with van der Waals surface area (Å²) in [5.74, 6) is 0.913. The van der Waals surface area contributed by atoms with E-state index in [2.05, 4.69) is 32.7 Å². The maximum Gasteiger partial charge on any atom is 0.223 e. The van der Waals surface area contributed by atoms with Gasteiger partial charge in [-0.3, -0.25) is 4.79 Å². The molecular weight excluding hydrogens is 268 g/mol. The van der Waals surface area contributed by atoms with Crippen molar-refractivity contribution < 1.29 is 4.79 Å². The zero-order valence-corrected chi connectivity index (χ0v) is 11.6. The van der Waals surface area contributed by atoms with Crippen LogP contribution in [0.4, 0.5) is 0 Å². The molecule has 0 radical (unpaired) electrons. The van der Waals surface area contributed by atoms with Crippen LogP contribution in [0.15, 0.2) is 0 Å². The third-order valence-electron chi connectivity index (χ3n) is 3.90. The maximum absolute atomic E-state index is 11.9. The van der Waals surface area contributed by atoms with Crippen molar-refractivity contribution in [3.05, 3.63) is 0 Å². The van der Waals surface area contributed by atoms with E-state index in [1.165, 1.54) is 0 Å². The Morgan fingerprint density at radius 1 is 1.38 bits per heavy atom. The molecule has 16 heavy (non-hydrogen) atoms. The molecule has 3 nitrogen and oxygen atoms in total. The van der Waals surface area contributed by atoms with Gasteiger partial charge in [-0.25, -0.2) is 0 Å². The van der Waals surface area contributed by atoms with Crippen LogP contribution in [-0.4, -0.2) is 53.3 Å². The van der Waals surface area contributed by atoms with Crippen LogP contribution in [0.1, 0.15) is 26.2 Å². The van der Waals surface area contributed by atoms with Crippen molar-refractivity contribution in [1.29, 1.82) is 0 Å². The van der Waals surface area contributed by atoms with Crippen LogP contribution in [0.5, 0.6) is 0 Å². The van der Waals surface area contributed by atoms with Gasteiger partial charge in [-0.05, 0) is 25.3 Å². The Morgan fingerprint density at radius 2 is 2.06 bits per heavy atom. The molecule has 2 rings (SSSR count). The van der Waals surface area contributed by atoms with E-state index in [1.54, 1.807) is 0 Å². The molecule has 92 valence electrons.